The molecule has 0 unspecified atom stereocenters. The highest BCUT2D eigenvalue weighted by Gasteiger charge is 2.37. The third kappa shape index (κ3) is 5.53. The molecule has 4 aliphatic rings. The Labute approximate surface area is 202 Å². The van der Waals surface area contributed by atoms with E-state index in [0.29, 0.717) is 5.41 Å². The predicted molar refractivity (Wildman–Crippen MR) is 140 cm³/mol. The number of hydrogen-bond acceptors (Lipinski definition) is 4. The van der Waals surface area contributed by atoms with E-state index in [4.69, 9.17) is 4.74 Å². The van der Waals surface area contributed by atoms with Crippen LogP contribution in [0.5, 0.6) is 0 Å². The van der Waals surface area contributed by atoms with E-state index in [2.05, 4.69) is 46.7 Å². The molecular formula is C29H47N3O. The van der Waals surface area contributed by atoms with Crippen LogP contribution in [0.3, 0.4) is 0 Å². The van der Waals surface area contributed by atoms with E-state index in [1.54, 1.807) is 11.3 Å². The standard InChI is InChI=1S/C29H47N3O/c1-24(2)23-30-14-16-32(17-15-30)28-7-6-26(31-18-20-33-21-19-31)22-27(28)25-8-12-29(13-9-25)10-4-3-5-11-29/h6-7,22,24-25H,3-5,8-21,23H2,1-2H3. The van der Waals surface area contributed by atoms with E-state index in [1.807, 2.05) is 0 Å². The van der Waals surface area contributed by atoms with E-state index in [1.165, 1.54) is 96.2 Å². The Kier molecular flexibility index (Phi) is 7.51. The number of benzene rings is 1. The van der Waals surface area contributed by atoms with Crippen LogP contribution in [0.1, 0.15) is 83.1 Å². The van der Waals surface area contributed by atoms with Crippen molar-refractivity contribution in [3.63, 3.8) is 0 Å². The van der Waals surface area contributed by atoms with Crippen LogP contribution in [0.4, 0.5) is 11.4 Å². The Bertz CT molecular complexity index is 748. The first-order valence-electron chi connectivity index (χ1n) is 14.1. The lowest BCUT2D eigenvalue weighted by Crippen LogP contribution is -2.47. The second-order valence-electron chi connectivity index (χ2n) is 11.9. The fraction of sp³-hybridized carbons (Fsp3) is 0.793. The fourth-order valence-corrected chi connectivity index (χ4v) is 7.21. The van der Waals surface area contributed by atoms with Crippen LogP contribution in [0.25, 0.3) is 0 Å². The predicted octanol–water partition coefficient (Wildman–Crippen LogP) is 5.91. The Balaban J connectivity index is 1.34. The molecule has 2 aliphatic heterocycles. The molecule has 2 heterocycles. The number of ether oxygens (including phenoxy) is 1. The van der Waals surface area contributed by atoms with Crippen molar-refractivity contribution in [1.29, 1.82) is 0 Å². The van der Waals surface area contributed by atoms with Gasteiger partial charge in [-0.25, -0.2) is 0 Å². The van der Waals surface area contributed by atoms with Gasteiger partial charge in [-0.15, -0.1) is 0 Å². The summed E-state index contributed by atoms with van der Waals surface area (Å²) in [5.74, 6) is 1.50. The topological polar surface area (TPSA) is 19.0 Å². The molecule has 184 valence electrons. The summed E-state index contributed by atoms with van der Waals surface area (Å²) in [6.45, 7) is 14.5. The molecule has 1 aromatic rings. The van der Waals surface area contributed by atoms with Crippen molar-refractivity contribution < 1.29 is 4.74 Å². The third-order valence-electron chi connectivity index (χ3n) is 9.12. The van der Waals surface area contributed by atoms with Gasteiger partial charge < -0.3 is 14.5 Å². The average molecular weight is 454 g/mol. The average Bonchev–Trinajstić information content (AvgIpc) is 2.85. The molecule has 2 aliphatic carbocycles. The first-order chi connectivity index (χ1) is 16.1. The fourth-order valence-electron chi connectivity index (χ4n) is 7.21. The number of morpholine rings is 1. The van der Waals surface area contributed by atoms with Gasteiger partial charge in [0.2, 0.25) is 0 Å². The lowest BCUT2D eigenvalue weighted by Gasteiger charge is -2.44. The maximum absolute atomic E-state index is 5.63. The highest BCUT2D eigenvalue weighted by Crippen LogP contribution is 2.52. The summed E-state index contributed by atoms with van der Waals surface area (Å²) < 4.78 is 5.63. The third-order valence-corrected chi connectivity index (χ3v) is 9.12. The van der Waals surface area contributed by atoms with Gasteiger partial charge in [-0.2, -0.15) is 0 Å². The zero-order valence-electron chi connectivity index (χ0n) is 21.4. The number of hydrogen-bond donors (Lipinski definition) is 0. The molecule has 0 radical (unpaired) electrons. The van der Waals surface area contributed by atoms with Crippen LogP contribution in [-0.2, 0) is 4.74 Å². The van der Waals surface area contributed by atoms with Crippen molar-refractivity contribution >= 4 is 11.4 Å². The van der Waals surface area contributed by atoms with Crippen LogP contribution in [0.2, 0.25) is 0 Å². The van der Waals surface area contributed by atoms with Crippen molar-refractivity contribution in [3.8, 4) is 0 Å². The largest absolute Gasteiger partial charge is 0.378 e. The van der Waals surface area contributed by atoms with Gasteiger partial charge in [0, 0.05) is 57.2 Å². The molecule has 4 heteroatoms. The Hall–Kier alpha value is -1.26. The molecule has 0 atom stereocenters. The normalized spacial score (nSPS) is 25.2. The molecule has 4 nitrogen and oxygen atoms in total. The molecule has 1 aromatic carbocycles. The number of rotatable bonds is 5. The number of anilines is 2. The highest BCUT2D eigenvalue weighted by atomic mass is 16.5. The van der Waals surface area contributed by atoms with Gasteiger partial charge in [0.1, 0.15) is 0 Å². The van der Waals surface area contributed by atoms with Crippen molar-refractivity contribution in [1.82, 2.24) is 4.90 Å². The first kappa shape index (κ1) is 23.5. The second-order valence-corrected chi connectivity index (χ2v) is 11.9. The van der Waals surface area contributed by atoms with E-state index in [-0.39, 0.29) is 0 Å². The summed E-state index contributed by atoms with van der Waals surface area (Å²) in [7, 11) is 0. The lowest BCUT2D eigenvalue weighted by atomic mass is 9.62. The van der Waals surface area contributed by atoms with Gasteiger partial charge in [-0.3, -0.25) is 4.90 Å². The van der Waals surface area contributed by atoms with E-state index < -0.39 is 0 Å². The SMILES string of the molecule is CC(C)CN1CCN(c2ccc(N3CCOCC3)cc2C2CCC3(CCCCC3)CC2)CC1. The molecule has 4 fully saturated rings. The summed E-state index contributed by atoms with van der Waals surface area (Å²) in [5.41, 5.74) is 5.32. The van der Waals surface area contributed by atoms with Gasteiger partial charge in [0.15, 0.2) is 0 Å². The molecular weight excluding hydrogens is 406 g/mol. The molecule has 1 spiro atoms. The minimum Gasteiger partial charge on any atom is -0.378 e. The van der Waals surface area contributed by atoms with E-state index >= 15 is 0 Å². The molecule has 5 rings (SSSR count). The quantitative estimate of drug-likeness (QED) is 0.552. The Morgan fingerprint density at radius 3 is 2.21 bits per heavy atom. The van der Waals surface area contributed by atoms with E-state index in [0.717, 1.165) is 38.1 Å². The summed E-state index contributed by atoms with van der Waals surface area (Å²) in [6, 6.07) is 7.46. The van der Waals surface area contributed by atoms with Crippen LogP contribution >= 0.6 is 0 Å². The highest BCUT2D eigenvalue weighted by molar-refractivity contribution is 5.63. The molecule has 0 amide bonds. The van der Waals surface area contributed by atoms with Crippen molar-refractivity contribution in [3.05, 3.63) is 23.8 Å². The van der Waals surface area contributed by atoms with Gasteiger partial charge >= 0.3 is 0 Å². The van der Waals surface area contributed by atoms with Crippen LogP contribution in [-0.4, -0.2) is 63.9 Å². The monoisotopic (exact) mass is 453 g/mol. The second kappa shape index (κ2) is 10.6. The molecule has 33 heavy (non-hydrogen) atoms. The van der Waals surface area contributed by atoms with Gasteiger partial charge in [0.05, 0.1) is 13.2 Å². The molecule has 0 aromatic heterocycles. The van der Waals surface area contributed by atoms with Crippen molar-refractivity contribution in [2.24, 2.45) is 11.3 Å². The summed E-state index contributed by atoms with van der Waals surface area (Å²) in [6.07, 6.45) is 13.1. The van der Waals surface area contributed by atoms with Gasteiger partial charge in [-0.05, 0) is 79.5 Å². The first-order valence-corrected chi connectivity index (χ1v) is 14.1. The van der Waals surface area contributed by atoms with Crippen molar-refractivity contribution in [2.45, 2.75) is 77.6 Å². The summed E-state index contributed by atoms with van der Waals surface area (Å²) in [5, 5.41) is 0. The van der Waals surface area contributed by atoms with Crippen LogP contribution < -0.4 is 9.80 Å². The van der Waals surface area contributed by atoms with E-state index in [9.17, 15) is 0 Å². The maximum atomic E-state index is 5.63. The molecule has 2 saturated carbocycles. The Morgan fingerprint density at radius 2 is 1.55 bits per heavy atom. The number of nitrogens with zero attached hydrogens (tertiary/aromatic N) is 3. The van der Waals surface area contributed by atoms with Crippen LogP contribution in [0.15, 0.2) is 18.2 Å². The van der Waals surface area contributed by atoms with Crippen molar-refractivity contribution in [2.75, 3.05) is 68.8 Å². The smallest absolute Gasteiger partial charge is 0.0642 e. The lowest BCUT2D eigenvalue weighted by molar-refractivity contribution is 0.114. The summed E-state index contributed by atoms with van der Waals surface area (Å²) in [4.78, 5) is 7.92. The zero-order chi connectivity index (χ0) is 22.7. The molecule has 0 bridgehead atoms. The maximum Gasteiger partial charge on any atom is 0.0642 e. The zero-order valence-corrected chi connectivity index (χ0v) is 21.4. The minimum atomic E-state index is 0.694. The van der Waals surface area contributed by atoms with Crippen LogP contribution in [0, 0.1) is 11.3 Å². The van der Waals surface area contributed by atoms with Gasteiger partial charge in [0.25, 0.3) is 0 Å². The number of piperazine rings is 1. The summed E-state index contributed by atoms with van der Waals surface area (Å²) >= 11 is 0. The molecule has 0 N–H and O–H groups in total. The molecule has 2 saturated heterocycles. The van der Waals surface area contributed by atoms with Gasteiger partial charge in [-0.1, -0.05) is 33.1 Å². The Morgan fingerprint density at radius 1 is 0.848 bits per heavy atom. The minimum absolute atomic E-state index is 0.694.